The number of ether oxygens (including phenoxy) is 1. The second kappa shape index (κ2) is 4.50. The first-order valence-electron chi connectivity index (χ1n) is 5.37. The van der Waals surface area contributed by atoms with Crippen molar-refractivity contribution >= 4 is 5.84 Å². The van der Waals surface area contributed by atoms with Crippen molar-refractivity contribution in [2.24, 2.45) is 4.99 Å². The smallest absolute Gasteiger partial charge is 0.153 e. The van der Waals surface area contributed by atoms with E-state index in [1.54, 1.807) is 7.11 Å². The lowest BCUT2D eigenvalue weighted by atomic mass is 9.92. The van der Waals surface area contributed by atoms with E-state index in [0.29, 0.717) is 6.04 Å². The molecule has 0 aromatic rings. The molecule has 15 heavy (non-hydrogen) atoms. The molecule has 3 heteroatoms. The van der Waals surface area contributed by atoms with Crippen LogP contribution in [0.15, 0.2) is 16.6 Å². The summed E-state index contributed by atoms with van der Waals surface area (Å²) in [5.41, 5.74) is 0.871. The molecule has 1 saturated carbocycles. The summed E-state index contributed by atoms with van der Waals surface area (Å²) in [5, 5.41) is 3.38. The normalized spacial score (nSPS) is 26.0. The van der Waals surface area contributed by atoms with Crippen LogP contribution in [0.4, 0.5) is 0 Å². The lowest BCUT2D eigenvalue weighted by Gasteiger charge is -2.29. The number of amidine groups is 1. The molecule has 2 rings (SSSR count). The van der Waals surface area contributed by atoms with Crippen molar-refractivity contribution in [2.75, 3.05) is 7.11 Å². The highest BCUT2D eigenvalue weighted by Gasteiger charge is 2.22. The average Bonchev–Trinajstić information content (AvgIpc) is 2.23. The van der Waals surface area contributed by atoms with Crippen molar-refractivity contribution in [2.45, 2.75) is 38.0 Å². The molecule has 0 amide bonds. The maximum atomic E-state index is 5.44. The number of aliphatic imine (C=N–C) groups is 1. The van der Waals surface area contributed by atoms with Gasteiger partial charge < -0.3 is 10.1 Å². The van der Waals surface area contributed by atoms with Gasteiger partial charge in [0.15, 0.2) is 6.23 Å². The summed E-state index contributed by atoms with van der Waals surface area (Å²) >= 11 is 0. The van der Waals surface area contributed by atoms with Gasteiger partial charge in [-0.2, -0.15) is 0 Å². The average molecular weight is 204 g/mol. The van der Waals surface area contributed by atoms with Crippen molar-refractivity contribution in [3.05, 3.63) is 11.6 Å². The third kappa shape index (κ3) is 2.21. The lowest BCUT2D eigenvalue weighted by molar-refractivity contribution is 0.111. The number of terminal acetylenes is 1. The number of methoxy groups -OCH3 is 1. The van der Waals surface area contributed by atoms with Gasteiger partial charge >= 0.3 is 0 Å². The summed E-state index contributed by atoms with van der Waals surface area (Å²) in [7, 11) is 1.67. The van der Waals surface area contributed by atoms with Crippen LogP contribution in [-0.2, 0) is 4.74 Å². The molecule has 80 valence electrons. The standard InChI is InChI=1S/C12H16N2O/c1-3-9-7-8-11(15-2)14-12(9)13-10-5-4-6-10/h1,7,10-11H,4-6,8H2,2H3,(H,13,14). The monoisotopic (exact) mass is 204 g/mol. The minimum Gasteiger partial charge on any atom is -0.367 e. The van der Waals surface area contributed by atoms with E-state index in [-0.39, 0.29) is 6.23 Å². The number of dihydropyridines is 1. The molecule has 0 spiro atoms. The van der Waals surface area contributed by atoms with Crippen molar-refractivity contribution in [3.63, 3.8) is 0 Å². The van der Waals surface area contributed by atoms with Crippen molar-refractivity contribution in [1.82, 2.24) is 5.32 Å². The van der Waals surface area contributed by atoms with Crippen molar-refractivity contribution in [3.8, 4) is 12.3 Å². The van der Waals surface area contributed by atoms with Gasteiger partial charge in [-0.1, -0.05) is 12.0 Å². The topological polar surface area (TPSA) is 33.6 Å². The van der Waals surface area contributed by atoms with Crippen LogP contribution in [0, 0.1) is 12.3 Å². The third-order valence-electron chi connectivity index (χ3n) is 2.93. The zero-order valence-corrected chi connectivity index (χ0v) is 8.99. The van der Waals surface area contributed by atoms with Gasteiger partial charge in [0.25, 0.3) is 0 Å². The molecule has 0 aromatic carbocycles. The van der Waals surface area contributed by atoms with Crippen molar-refractivity contribution in [1.29, 1.82) is 0 Å². The molecule has 1 atom stereocenters. The minimum atomic E-state index is -0.0790. The fraction of sp³-hybridized carbons (Fsp3) is 0.583. The van der Waals surface area contributed by atoms with E-state index in [4.69, 9.17) is 11.2 Å². The number of hydrogen-bond donors (Lipinski definition) is 1. The van der Waals surface area contributed by atoms with Gasteiger partial charge in [0.1, 0.15) is 5.84 Å². The molecule has 0 saturated heterocycles. The van der Waals surface area contributed by atoms with E-state index < -0.39 is 0 Å². The number of rotatable bonds is 2. The van der Waals surface area contributed by atoms with Gasteiger partial charge in [-0.15, -0.1) is 6.42 Å². The molecule has 0 bridgehead atoms. The molecule has 1 heterocycles. The molecule has 3 nitrogen and oxygen atoms in total. The Morgan fingerprint density at radius 1 is 1.60 bits per heavy atom. The SMILES string of the molecule is C#CC1=CCC(OC)N=C1NC1CCC1. The van der Waals surface area contributed by atoms with Gasteiger partial charge in [0, 0.05) is 19.6 Å². The Balaban J connectivity index is 2.05. The molecule has 1 N–H and O–H groups in total. The number of nitrogens with zero attached hydrogens (tertiary/aromatic N) is 1. The summed E-state index contributed by atoms with van der Waals surface area (Å²) in [5.74, 6) is 3.50. The highest BCUT2D eigenvalue weighted by atomic mass is 16.5. The molecular formula is C12H16N2O. The molecule has 1 unspecified atom stereocenters. The molecular weight excluding hydrogens is 188 g/mol. The number of nitrogens with one attached hydrogen (secondary N) is 1. The highest BCUT2D eigenvalue weighted by molar-refractivity contribution is 6.02. The van der Waals surface area contributed by atoms with Crippen LogP contribution >= 0.6 is 0 Å². The van der Waals surface area contributed by atoms with Gasteiger partial charge in [0.2, 0.25) is 0 Å². The fourth-order valence-corrected chi connectivity index (χ4v) is 1.72. The predicted octanol–water partition coefficient (Wildman–Crippen LogP) is 1.46. The van der Waals surface area contributed by atoms with Gasteiger partial charge in [-0.05, 0) is 19.3 Å². The third-order valence-corrected chi connectivity index (χ3v) is 2.93. The molecule has 0 radical (unpaired) electrons. The summed E-state index contributed by atoms with van der Waals surface area (Å²) in [4.78, 5) is 4.45. The molecule has 1 aliphatic heterocycles. The van der Waals surface area contributed by atoms with E-state index in [9.17, 15) is 0 Å². The zero-order valence-electron chi connectivity index (χ0n) is 8.99. The lowest BCUT2D eigenvalue weighted by Crippen LogP contribution is -2.41. The summed E-state index contributed by atoms with van der Waals surface area (Å²) < 4.78 is 5.21. The van der Waals surface area contributed by atoms with E-state index in [1.807, 2.05) is 6.08 Å². The second-order valence-corrected chi connectivity index (χ2v) is 3.94. The Hall–Kier alpha value is -1.27. The predicted molar refractivity (Wildman–Crippen MR) is 60.5 cm³/mol. The molecule has 0 aromatic heterocycles. The molecule has 1 fully saturated rings. The Morgan fingerprint density at radius 3 is 2.93 bits per heavy atom. The van der Waals surface area contributed by atoms with Crippen molar-refractivity contribution < 1.29 is 4.74 Å². The molecule has 1 aliphatic carbocycles. The maximum absolute atomic E-state index is 5.44. The van der Waals surface area contributed by atoms with Crippen LogP contribution < -0.4 is 5.32 Å². The van der Waals surface area contributed by atoms with Gasteiger partial charge in [0.05, 0.1) is 5.57 Å². The van der Waals surface area contributed by atoms with Crippen LogP contribution in [0.25, 0.3) is 0 Å². The van der Waals surface area contributed by atoms with Crippen LogP contribution in [-0.4, -0.2) is 25.2 Å². The second-order valence-electron chi connectivity index (χ2n) is 3.94. The first kappa shape index (κ1) is 10.3. The van der Waals surface area contributed by atoms with Crippen LogP contribution in [0.5, 0.6) is 0 Å². The van der Waals surface area contributed by atoms with E-state index >= 15 is 0 Å². The van der Waals surface area contributed by atoms with Gasteiger partial charge in [-0.3, -0.25) is 0 Å². The van der Waals surface area contributed by atoms with E-state index in [1.165, 1.54) is 19.3 Å². The Morgan fingerprint density at radius 2 is 2.40 bits per heavy atom. The van der Waals surface area contributed by atoms with E-state index in [0.717, 1.165) is 17.8 Å². The minimum absolute atomic E-state index is 0.0790. The number of hydrogen-bond acceptors (Lipinski definition) is 3. The first-order valence-corrected chi connectivity index (χ1v) is 5.37. The fourth-order valence-electron chi connectivity index (χ4n) is 1.72. The molecule has 2 aliphatic rings. The largest absolute Gasteiger partial charge is 0.367 e. The summed E-state index contributed by atoms with van der Waals surface area (Å²) in [6.45, 7) is 0. The highest BCUT2D eigenvalue weighted by Crippen LogP contribution is 2.20. The van der Waals surface area contributed by atoms with Crippen LogP contribution in [0.1, 0.15) is 25.7 Å². The Kier molecular flexibility index (Phi) is 3.08. The van der Waals surface area contributed by atoms with Crippen LogP contribution in [0.2, 0.25) is 0 Å². The van der Waals surface area contributed by atoms with Crippen LogP contribution in [0.3, 0.4) is 0 Å². The first-order chi connectivity index (χ1) is 7.33. The van der Waals surface area contributed by atoms with E-state index in [2.05, 4.69) is 16.2 Å². The van der Waals surface area contributed by atoms with Gasteiger partial charge in [-0.25, -0.2) is 4.99 Å². The summed E-state index contributed by atoms with van der Waals surface area (Å²) in [6.07, 6.45) is 11.9. The Labute approximate surface area is 90.6 Å². The Bertz CT molecular complexity index is 334. The zero-order chi connectivity index (χ0) is 10.7. The maximum Gasteiger partial charge on any atom is 0.153 e. The quantitative estimate of drug-likeness (QED) is 0.691. The summed E-state index contributed by atoms with van der Waals surface area (Å²) in [6, 6.07) is 0.552.